The average molecular weight is 596 g/mol. The van der Waals surface area contributed by atoms with Gasteiger partial charge in [0.2, 0.25) is 0 Å². The number of carbonyl (C=O) groups excluding carboxylic acids is 1. The van der Waals surface area contributed by atoms with E-state index in [1.807, 2.05) is 66.7 Å². The summed E-state index contributed by atoms with van der Waals surface area (Å²) in [4.78, 5) is 31.6. The maximum absolute atomic E-state index is 13.6. The number of carbonyl (C=O) groups is 1. The highest BCUT2D eigenvalue weighted by Crippen LogP contribution is 2.30. The van der Waals surface area contributed by atoms with Crippen LogP contribution in [0.2, 0.25) is 0 Å². The number of benzene rings is 2. The number of aromatic nitrogens is 1. The van der Waals surface area contributed by atoms with E-state index in [1.165, 1.54) is 11.3 Å². The van der Waals surface area contributed by atoms with Gasteiger partial charge in [0, 0.05) is 15.2 Å². The number of nitrogens with zero attached hydrogens (tertiary/aromatic N) is 2. The molecule has 1 atom stereocenters. The van der Waals surface area contributed by atoms with Crippen LogP contribution in [0.1, 0.15) is 31.2 Å². The molecule has 2 aromatic carbocycles. The monoisotopic (exact) mass is 596 g/mol. The van der Waals surface area contributed by atoms with Gasteiger partial charge in [0.1, 0.15) is 11.5 Å². The Labute approximate surface area is 219 Å². The molecule has 5 rings (SSSR count). The number of halogens is 1. The van der Waals surface area contributed by atoms with Gasteiger partial charge in [0.15, 0.2) is 4.80 Å². The van der Waals surface area contributed by atoms with E-state index in [9.17, 15) is 9.59 Å². The molecule has 0 spiro atoms. The van der Waals surface area contributed by atoms with Gasteiger partial charge >= 0.3 is 5.97 Å². The third-order valence-corrected chi connectivity index (χ3v) is 7.36. The lowest BCUT2D eigenvalue weighted by molar-refractivity contribution is -0.139. The summed E-state index contributed by atoms with van der Waals surface area (Å²) < 4.78 is 14.5. The maximum atomic E-state index is 13.6. The first-order valence-corrected chi connectivity index (χ1v) is 13.0. The van der Waals surface area contributed by atoms with Crippen LogP contribution < -0.4 is 14.9 Å². The quantitative estimate of drug-likeness (QED) is 0.248. The maximum Gasteiger partial charge on any atom is 0.338 e. The fraction of sp³-hybridized carbons (Fsp3) is 0.148. The Balaban J connectivity index is 1.62. The molecule has 3 heterocycles. The minimum atomic E-state index is -0.618. The lowest BCUT2D eigenvalue weighted by Gasteiger charge is -2.24. The van der Waals surface area contributed by atoms with E-state index in [0.717, 1.165) is 20.5 Å². The van der Waals surface area contributed by atoms with E-state index in [4.69, 9.17) is 9.15 Å². The van der Waals surface area contributed by atoms with Crippen LogP contribution in [0.25, 0.3) is 17.4 Å². The molecule has 0 saturated carbocycles. The molecule has 0 amide bonds. The second-order valence-electron chi connectivity index (χ2n) is 7.92. The first-order valence-electron chi connectivity index (χ1n) is 11.1. The van der Waals surface area contributed by atoms with Gasteiger partial charge in [-0.15, -0.1) is 0 Å². The Morgan fingerprint density at radius 3 is 2.60 bits per heavy atom. The summed E-state index contributed by atoms with van der Waals surface area (Å²) in [5.74, 6) is 0.828. The van der Waals surface area contributed by atoms with Crippen LogP contribution in [0.3, 0.4) is 0 Å². The highest BCUT2D eigenvalue weighted by atomic mass is 127. The first-order chi connectivity index (χ1) is 17.0. The van der Waals surface area contributed by atoms with Gasteiger partial charge in [-0.05, 0) is 66.3 Å². The molecule has 0 bridgehead atoms. The highest BCUT2D eigenvalue weighted by Gasteiger charge is 2.33. The zero-order valence-electron chi connectivity index (χ0n) is 19.0. The molecule has 1 unspecified atom stereocenters. The van der Waals surface area contributed by atoms with Crippen LogP contribution in [0, 0.1) is 3.57 Å². The Kier molecular flexibility index (Phi) is 6.57. The van der Waals surface area contributed by atoms with Crippen LogP contribution >= 0.6 is 33.9 Å². The standard InChI is InChI=1S/C27H21IN2O4S/c1-3-33-26(32)23-16(2)29-27-30(24(23)18-7-5-4-6-8-18)25(31)22(35-27)15-20-13-14-21(34-20)17-9-11-19(28)12-10-17/h4-15,24H,3H2,1-2H3. The predicted molar refractivity (Wildman–Crippen MR) is 144 cm³/mol. The van der Waals surface area contributed by atoms with E-state index >= 15 is 0 Å². The van der Waals surface area contributed by atoms with Crippen LogP contribution in [0.5, 0.6) is 0 Å². The third kappa shape index (κ3) is 4.55. The summed E-state index contributed by atoms with van der Waals surface area (Å²) in [6.45, 7) is 3.77. The predicted octanol–water partition coefficient (Wildman–Crippen LogP) is 4.66. The summed E-state index contributed by atoms with van der Waals surface area (Å²) >= 11 is 3.53. The summed E-state index contributed by atoms with van der Waals surface area (Å²) in [6, 6.07) is 20.6. The van der Waals surface area contributed by atoms with Crippen molar-refractivity contribution in [1.29, 1.82) is 0 Å². The largest absolute Gasteiger partial charge is 0.463 e. The van der Waals surface area contributed by atoms with Crippen molar-refractivity contribution in [2.45, 2.75) is 19.9 Å². The van der Waals surface area contributed by atoms with Crippen molar-refractivity contribution in [3.63, 3.8) is 0 Å². The van der Waals surface area contributed by atoms with Crippen molar-refractivity contribution in [3.05, 3.63) is 113 Å². The van der Waals surface area contributed by atoms with Crippen LogP contribution in [-0.2, 0) is 9.53 Å². The Hall–Kier alpha value is -3.24. The van der Waals surface area contributed by atoms with Crippen molar-refractivity contribution >= 4 is 46.0 Å². The Morgan fingerprint density at radius 1 is 1.14 bits per heavy atom. The topological polar surface area (TPSA) is 73.8 Å². The van der Waals surface area contributed by atoms with E-state index in [0.29, 0.717) is 26.4 Å². The highest BCUT2D eigenvalue weighted by molar-refractivity contribution is 14.1. The lowest BCUT2D eigenvalue weighted by Crippen LogP contribution is -2.39. The van der Waals surface area contributed by atoms with Gasteiger partial charge in [0.05, 0.1) is 28.5 Å². The van der Waals surface area contributed by atoms with E-state index < -0.39 is 12.0 Å². The zero-order chi connectivity index (χ0) is 24.5. The zero-order valence-corrected chi connectivity index (χ0v) is 22.0. The number of ether oxygens (including phenoxy) is 1. The van der Waals surface area contributed by atoms with Crippen LogP contribution in [0.4, 0.5) is 0 Å². The number of allylic oxidation sites excluding steroid dienone is 1. The fourth-order valence-corrected chi connectivity index (χ4v) is 5.46. The molecule has 176 valence electrons. The summed E-state index contributed by atoms with van der Waals surface area (Å²) in [5.41, 5.74) is 2.46. The number of thiazole rings is 1. The van der Waals surface area contributed by atoms with Gasteiger partial charge in [-0.3, -0.25) is 9.36 Å². The summed E-state index contributed by atoms with van der Waals surface area (Å²) in [5, 5.41) is 0. The summed E-state index contributed by atoms with van der Waals surface area (Å²) in [6.07, 6.45) is 1.73. The number of hydrogen-bond acceptors (Lipinski definition) is 6. The lowest BCUT2D eigenvalue weighted by atomic mass is 9.96. The molecule has 1 aliphatic heterocycles. The van der Waals surface area contributed by atoms with E-state index in [-0.39, 0.29) is 12.2 Å². The number of furan rings is 1. The van der Waals surface area contributed by atoms with Gasteiger partial charge in [-0.1, -0.05) is 53.8 Å². The molecule has 2 aromatic heterocycles. The first kappa shape index (κ1) is 23.5. The Morgan fingerprint density at radius 2 is 1.89 bits per heavy atom. The Bertz CT molecular complexity index is 1610. The average Bonchev–Trinajstić information content (AvgIpc) is 3.44. The minimum absolute atomic E-state index is 0.232. The third-order valence-electron chi connectivity index (χ3n) is 5.66. The molecule has 8 heteroatoms. The molecule has 0 aliphatic carbocycles. The van der Waals surface area contributed by atoms with Crippen molar-refractivity contribution in [2.24, 2.45) is 4.99 Å². The van der Waals surface area contributed by atoms with Gasteiger partial charge in [0.25, 0.3) is 5.56 Å². The van der Waals surface area contributed by atoms with Crippen LogP contribution in [0.15, 0.2) is 92.2 Å². The fourth-order valence-electron chi connectivity index (χ4n) is 4.07. The van der Waals surface area contributed by atoms with Crippen molar-refractivity contribution in [1.82, 2.24) is 4.57 Å². The molecule has 4 aromatic rings. The number of esters is 1. The van der Waals surface area contributed by atoms with Crippen molar-refractivity contribution in [3.8, 4) is 11.3 Å². The molecule has 0 radical (unpaired) electrons. The molecule has 0 N–H and O–H groups in total. The van der Waals surface area contributed by atoms with Crippen LogP contribution in [-0.4, -0.2) is 17.1 Å². The normalized spacial score (nSPS) is 15.6. The van der Waals surface area contributed by atoms with Crippen molar-refractivity contribution in [2.75, 3.05) is 6.61 Å². The number of hydrogen-bond donors (Lipinski definition) is 0. The second-order valence-corrected chi connectivity index (χ2v) is 10.2. The van der Waals surface area contributed by atoms with Crippen molar-refractivity contribution < 1.29 is 13.9 Å². The molecule has 6 nitrogen and oxygen atoms in total. The van der Waals surface area contributed by atoms with Gasteiger partial charge in [-0.2, -0.15) is 0 Å². The number of fused-ring (bicyclic) bond motifs is 1. The summed E-state index contributed by atoms with van der Waals surface area (Å²) in [7, 11) is 0. The van der Waals surface area contributed by atoms with E-state index in [1.54, 1.807) is 24.5 Å². The smallest absolute Gasteiger partial charge is 0.338 e. The van der Waals surface area contributed by atoms with E-state index in [2.05, 4.69) is 27.6 Å². The SMILES string of the molecule is CCOC(=O)C1=C(C)N=c2sc(=Cc3ccc(-c4ccc(I)cc4)o3)c(=O)n2C1c1ccccc1. The minimum Gasteiger partial charge on any atom is -0.463 e. The molecular formula is C27H21IN2O4S. The van der Waals surface area contributed by atoms with Gasteiger partial charge < -0.3 is 9.15 Å². The molecule has 1 aliphatic rings. The molecular weight excluding hydrogens is 575 g/mol. The van der Waals surface area contributed by atoms with Gasteiger partial charge in [-0.25, -0.2) is 9.79 Å². The number of rotatable bonds is 5. The molecule has 0 fully saturated rings. The molecule has 35 heavy (non-hydrogen) atoms. The second kappa shape index (κ2) is 9.79. The molecule has 0 saturated heterocycles.